The van der Waals surface area contributed by atoms with Gasteiger partial charge in [0.05, 0.1) is 5.56 Å². The molecule has 0 bridgehead atoms. The Hall–Kier alpha value is -4.32. The van der Waals surface area contributed by atoms with Crippen molar-refractivity contribution in [1.82, 2.24) is 30.4 Å². The molecule has 12 heteroatoms. The highest BCUT2D eigenvalue weighted by Gasteiger charge is 2.34. The van der Waals surface area contributed by atoms with Crippen molar-refractivity contribution in [2.45, 2.75) is 57.3 Å². The molecule has 10 nitrogen and oxygen atoms in total. The summed E-state index contributed by atoms with van der Waals surface area (Å²) in [5.74, 6) is 0.179. The highest BCUT2D eigenvalue weighted by Crippen LogP contribution is 2.34. The molecule has 0 saturated heterocycles. The van der Waals surface area contributed by atoms with E-state index in [-0.39, 0.29) is 43.2 Å². The first kappa shape index (κ1) is 26.9. The number of ether oxygens (including phenoxy) is 2. The summed E-state index contributed by atoms with van der Waals surface area (Å²) in [4.78, 5) is 31.3. The minimum Gasteiger partial charge on any atom is -0.454 e. The second kappa shape index (κ2) is 12.0. The second-order valence-electron chi connectivity index (χ2n) is 10.1. The second-order valence-corrected chi connectivity index (χ2v) is 11.1. The lowest BCUT2D eigenvalue weighted by atomic mass is 9.95. The summed E-state index contributed by atoms with van der Waals surface area (Å²) in [5.41, 5.74) is 0.958. The van der Waals surface area contributed by atoms with E-state index in [1.165, 1.54) is 22.3 Å². The molecule has 1 atom stereocenters. The maximum Gasteiger partial charge on any atom is 0.248 e. The molecule has 0 radical (unpaired) electrons. The summed E-state index contributed by atoms with van der Waals surface area (Å²) in [6.45, 7) is -0.0268. The van der Waals surface area contributed by atoms with Gasteiger partial charge in [-0.05, 0) is 59.3 Å². The van der Waals surface area contributed by atoms with E-state index >= 15 is 0 Å². The van der Waals surface area contributed by atoms with E-state index in [0.717, 1.165) is 47.3 Å². The summed E-state index contributed by atoms with van der Waals surface area (Å²) >= 11 is 1.42. The van der Waals surface area contributed by atoms with Crippen LogP contribution in [0.1, 0.15) is 48.6 Å². The third kappa shape index (κ3) is 6.07. The number of thiophene rings is 1. The lowest BCUT2D eigenvalue weighted by molar-refractivity contribution is -0.142. The molecule has 2 aromatic carbocycles. The molecule has 1 unspecified atom stereocenters. The molecule has 212 valence electrons. The lowest BCUT2D eigenvalue weighted by Crippen LogP contribution is -2.47. The van der Waals surface area contributed by atoms with E-state index in [0.29, 0.717) is 11.5 Å². The Balaban J connectivity index is 1.30. The number of carbonyl (C=O) groups excluding carboxylic acids is 2. The van der Waals surface area contributed by atoms with Gasteiger partial charge in [-0.3, -0.25) is 9.59 Å². The molecule has 2 amide bonds. The largest absolute Gasteiger partial charge is 0.454 e. The van der Waals surface area contributed by atoms with Gasteiger partial charge in [0.2, 0.25) is 24.4 Å². The van der Waals surface area contributed by atoms with E-state index in [9.17, 15) is 14.0 Å². The molecule has 4 aromatic rings. The minimum absolute atomic E-state index is 0.0708. The van der Waals surface area contributed by atoms with Crippen molar-refractivity contribution in [3.63, 3.8) is 0 Å². The maximum atomic E-state index is 14.3. The van der Waals surface area contributed by atoms with Crippen LogP contribution in [-0.4, -0.2) is 49.8 Å². The Labute approximate surface area is 240 Å². The molecule has 1 aliphatic heterocycles. The van der Waals surface area contributed by atoms with Gasteiger partial charge in [0.15, 0.2) is 11.5 Å². The van der Waals surface area contributed by atoms with Crippen molar-refractivity contribution in [1.29, 1.82) is 0 Å². The van der Waals surface area contributed by atoms with Crippen LogP contribution in [0.4, 0.5) is 4.39 Å². The minimum atomic E-state index is -0.871. The van der Waals surface area contributed by atoms with Crippen molar-refractivity contribution in [2.24, 2.45) is 0 Å². The molecule has 1 N–H and O–H groups in total. The van der Waals surface area contributed by atoms with Gasteiger partial charge in [0, 0.05) is 17.5 Å². The van der Waals surface area contributed by atoms with Crippen LogP contribution in [-0.2, 0) is 22.7 Å². The van der Waals surface area contributed by atoms with Crippen LogP contribution in [0, 0.1) is 5.82 Å². The fraction of sp³-hybridized carbons (Fsp3) is 0.345. The van der Waals surface area contributed by atoms with Crippen molar-refractivity contribution >= 4 is 23.2 Å². The van der Waals surface area contributed by atoms with Crippen LogP contribution in [0.2, 0.25) is 0 Å². The highest BCUT2D eigenvalue weighted by molar-refractivity contribution is 7.10. The molecule has 1 fully saturated rings. The molecule has 2 aromatic heterocycles. The van der Waals surface area contributed by atoms with Crippen molar-refractivity contribution in [3.05, 3.63) is 76.2 Å². The Morgan fingerprint density at radius 2 is 1.90 bits per heavy atom. The van der Waals surface area contributed by atoms with E-state index < -0.39 is 17.8 Å². The number of hydrogen-bond acceptors (Lipinski definition) is 8. The first-order chi connectivity index (χ1) is 20.0. The predicted molar refractivity (Wildman–Crippen MR) is 148 cm³/mol. The number of fused-ring (bicyclic) bond motifs is 1. The number of hydrogen-bond donors (Lipinski definition) is 1. The van der Waals surface area contributed by atoms with E-state index in [4.69, 9.17) is 9.47 Å². The third-order valence-corrected chi connectivity index (χ3v) is 8.20. The SMILES string of the molecule is O=C(NC1CCCCC1)C(c1cccs1)N(Cc1ccc2c(c1)OCO2)C(=O)Cn1nnc(-c2ccccc2F)n1. The van der Waals surface area contributed by atoms with Gasteiger partial charge in [-0.1, -0.05) is 43.5 Å². The lowest BCUT2D eigenvalue weighted by Gasteiger charge is -2.32. The third-order valence-electron chi connectivity index (χ3n) is 7.28. The number of carbonyl (C=O) groups is 2. The van der Waals surface area contributed by atoms with E-state index in [1.54, 1.807) is 24.3 Å². The molecule has 41 heavy (non-hydrogen) atoms. The van der Waals surface area contributed by atoms with Gasteiger partial charge < -0.3 is 19.7 Å². The van der Waals surface area contributed by atoms with Crippen molar-refractivity contribution in [3.8, 4) is 22.9 Å². The number of benzene rings is 2. The summed E-state index contributed by atoms with van der Waals surface area (Å²) in [6.07, 6.45) is 5.13. The predicted octanol–water partition coefficient (Wildman–Crippen LogP) is 4.49. The van der Waals surface area contributed by atoms with Crippen LogP contribution >= 0.6 is 11.3 Å². The smallest absolute Gasteiger partial charge is 0.248 e. The normalized spacial score (nSPS) is 15.4. The fourth-order valence-electron chi connectivity index (χ4n) is 5.23. The summed E-state index contributed by atoms with van der Waals surface area (Å²) in [6, 6.07) is 14.5. The number of amides is 2. The number of halogens is 1. The standard InChI is InChI=1S/C29H29FN6O4S/c30-22-10-5-4-9-21(22)28-32-34-36(33-28)17-26(37)35(16-19-12-13-23-24(15-19)40-18-39-23)27(25-11-6-14-41-25)29(38)31-20-7-2-1-3-8-20/h4-6,9-15,20,27H,1-3,7-8,16-18H2,(H,31,38). The quantitative estimate of drug-likeness (QED) is 0.313. The first-order valence-electron chi connectivity index (χ1n) is 13.6. The first-order valence-corrected chi connectivity index (χ1v) is 14.5. The van der Waals surface area contributed by atoms with Crippen LogP contribution in [0.5, 0.6) is 11.5 Å². The van der Waals surface area contributed by atoms with Crippen molar-refractivity contribution in [2.75, 3.05) is 6.79 Å². The Morgan fingerprint density at radius 1 is 1.07 bits per heavy atom. The Morgan fingerprint density at radius 3 is 2.71 bits per heavy atom. The number of rotatable bonds is 9. The van der Waals surface area contributed by atoms with E-state index in [1.807, 2.05) is 29.6 Å². The average molecular weight is 577 g/mol. The summed E-state index contributed by atoms with van der Waals surface area (Å²) in [7, 11) is 0. The molecule has 1 aliphatic carbocycles. The van der Waals surface area contributed by atoms with Crippen molar-refractivity contribution < 1.29 is 23.5 Å². The molecule has 0 spiro atoms. The van der Waals surface area contributed by atoms with Gasteiger partial charge in [0.25, 0.3) is 0 Å². The number of tetrazole rings is 1. The topological polar surface area (TPSA) is 111 Å². The van der Waals surface area contributed by atoms with Gasteiger partial charge in [-0.15, -0.1) is 21.5 Å². The number of aromatic nitrogens is 4. The van der Waals surface area contributed by atoms with Gasteiger partial charge in [-0.25, -0.2) is 4.39 Å². The van der Waals surface area contributed by atoms with Crippen LogP contribution in [0.3, 0.4) is 0 Å². The highest BCUT2D eigenvalue weighted by atomic mass is 32.1. The van der Waals surface area contributed by atoms with Gasteiger partial charge >= 0.3 is 0 Å². The molecular formula is C29H29FN6O4S. The summed E-state index contributed by atoms with van der Waals surface area (Å²) in [5, 5.41) is 17.3. The zero-order valence-electron chi connectivity index (χ0n) is 22.2. The van der Waals surface area contributed by atoms with Crippen LogP contribution in [0.25, 0.3) is 11.4 Å². The number of nitrogens with zero attached hydrogens (tertiary/aromatic N) is 5. The Bertz CT molecular complexity index is 1520. The molecule has 2 aliphatic rings. The Kier molecular flexibility index (Phi) is 7.90. The summed E-state index contributed by atoms with van der Waals surface area (Å²) < 4.78 is 25.3. The molecule has 6 rings (SSSR count). The fourth-order valence-corrected chi connectivity index (χ4v) is 6.06. The molecule has 1 saturated carbocycles. The molecular weight excluding hydrogens is 547 g/mol. The number of nitrogens with one attached hydrogen (secondary N) is 1. The monoisotopic (exact) mass is 576 g/mol. The van der Waals surface area contributed by atoms with Crippen LogP contribution < -0.4 is 14.8 Å². The van der Waals surface area contributed by atoms with E-state index in [2.05, 4.69) is 20.7 Å². The van der Waals surface area contributed by atoms with Crippen LogP contribution in [0.15, 0.2) is 60.0 Å². The zero-order chi connectivity index (χ0) is 28.2. The zero-order valence-corrected chi connectivity index (χ0v) is 23.1. The van der Waals surface area contributed by atoms with Gasteiger partial charge in [-0.2, -0.15) is 4.80 Å². The maximum absolute atomic E-state index is 14.3. The molecule has 3 heterocycles. The average Bonchev–Trinajstić information content (AvgIpc) is 3.76. The van der Waals surface area contributed by atoms with Gasteiger partial charge in [0.1, 0.15) is 18.4 Å².